The Morgan fingerprint density at radius 3 is 1.90 bits per heavy atom. The molecule has 0 heterocycles. The standard InChI is InChI=1S/C6H15ClO2Si/c1-5-6(2,7)10(8-3)9-4/h10H,5H2,1-4H3. The molecule has 10 heavy (non-hydrogen) atoms. The molecule has 1 atom stereocenters. The van der Waals surface area contributed by atoms with Crippen molar-refractivity contribution in [3.8, 4) is 0 Å². The van der Waals surface area contributed by atoms with Crippen LogP contribution in [0.1, 0.15) is 20.3 Å². The predicted octanol–water partition coefficient (Wildman–Crippen LogP) is 1.45. The van der Waals surface area contributed by atoms with Crippen molar-refractivity contribution >= 4 is 20.9 Å². The Morgan fingerprint density at radius 1 is 1.40 bits per heavy atom. The molecule has 1 unspecified atom stereocenters. The first-order chi connectivity index (χ1) is 4.58. The molecule has 0 aliphatic heterocycles. The molecule has 0 spiro atoms. The predicted molar refractivity (Wildman–Crippen MR) is 45.7 cm³/mol. The van der Waals surface area contributed by atoms with Crippen LogP contribution < -0.4 is 0 Å². The summed E-state index contributed by atoms with van der Waals surface area (Å²) in [6, 6.07) is 0. The number of hydrogen-bond acceptors (Lipinski definition) is 2. The van der Waals surface area contributed by atoms with Crippen molar-refractivity contribution in [2.45, 2.75) is 24.8 Å². The molecule has 0 saturated carbocycles. The zero-order valence-electron chi connectivity index (χ0n) is 6.98. The fourth-order valence-corrected chi connectivity index (χ4v) is 2.80. The maximum atomic E-state index is 6.10. The molecule has 0 aliphatic rings. The summed E-state index contributed by atoms with van der Waals surface area (Å²) in [5.41, 5.74) is 0. The minimum absolute atomic E-state index is 0.274. The highest BCUT2D eigenvalue weighted by Crippen LogP contribution is 2.22. The van der Waals surface area contributed by atoms with Crippen LogP contribution in [0.15, 0.2) is 0 Å². The Morgan fingerprint density at radius 2 is 1.80 bits per heavy atom. The van der Waals surface area contributed by atoms with Gasteiger partial charge < -0.3 is 8.85 Å². The third-order valence-electron chi connectivity index (χ3n) is 1.61. The first kappa shape index (κ1) is 10.4. The average molecular weight is 183 g/mol. The van der Waals surface area contributed by atoms with Gasteiger partial charge in [0.2, 0.25) is 0 Å². The zero-order chi connectivity index (χ0) is 8.20. The largest absolute Gasteiger partial charge is 0.399 e. The van der Waals surface area contributed by atoms with Crippen molar-refractivity contribution in [3.63, 3.8) is 0 Å². The highest BCUT2D eigenvalue weighted by molar-refractivity contribution is 6.62. The van der Waals surface area contributed by atoms with Crippen LogP contribution in [0.3, 0.4) is 0 Å². The lowest BCUT2D eigenvalue weighted by Gasteiger charge is -2.25. The Balaban J connectivity index is 3.97. The topological polar surface area (TPSA) is 18.5 Å². The van der Waals surface area contributed by atoms with Gasteiger partial charge in [0, 0.05) is 14.2 Å². The van der Waals surface area contributed by atoms with E-state index in [0.717, 1.165) is 6.42 Å². The number of rotatable bonds is 4. The summed E-state index contributed by atoms with van der Waals surface area (Å²) in [7, 11) is 1.66. The lowest BCUT2D eigenvalue weighted by atomic mass is 10.4. The average Bonchev–Trinajstić information content (AvgIpc) is 1.90. The summed E-state index contributed by atoms with van der Waals surface area (Å²) in [4.78, 5) is 0. The van der Waals surface area contributed by atoms with Crippen molar-refractivity contribution in [3.05, 3.63) is 0 Å². The summed E-state index contributed by atoms with van der Waals surface area (Å²) in [6.07, 6.45) is 0.882. The van der Waals surface area contributed by atoms with E-state index in [9.17, 15) is 0 Å². The molecular formula is C6H15ClO2Si. The van der Waals surface area contributed by atoms with Crippen LogP contribution in [0.25, 0.3) is 0 Å². The Labute approximate surface area is 69.3 Å². The lowest BCUT2D eigenvalue weighted by molar-refractivity contribution is 0.261. The third kappa shape index (κ3) is 2.58. The monoisotopic (exact) mass is 182 g/mol. The van der Waals surface area contributed by atoms with Gasteiger partial charge in [0.1, 0.15) is 0 Å². The molecule has 0 aliphatic carbocycles. The fraction of sp³-hybridized carbons (Fsp3) is 1.00. The SMILES string of the molecule is CCC(C)(Cl)[SiH](OC)OC. The quantitative estimate of drug-likeness (QED) is 0.484. The van der Waals surface area contributed by atoms with Gasteiger partial charge in [0.05, 0.1) is 4.50 Å². The van der Waals surface area contributed by atoms with Gasteiger partial charge >= 0.3 is 9.28 Å². The molecule has 4 heteroatoms. The third-order valence-corrected chi connectivity index (χ3v) is 4.66. The van der Waals surface area contributed by atoms with E-state index in [-0.39, 0.29) is 4.50 Å². The molecular weight excluding hydrogens is 168 g/mol. The molecule has 0 aromatic heterocycles. The summed E-state index contributed by atoms with van der Waals surface area (Å²) in [5.74, 6) is 0. The van der Waals surface area contributed by atoms with Gasteiger partial charge in [0.25, 0.3) is 0 Å². The maximum Gasteiger partial charge on any atom is 0.342 e. The first-order valence-electron chi connectivity index (χ1n) is 3.33. The molecule has 62 valence electrons. The molecule has 2 nitrogen and oxygen atoms in total. The second-order valence-electron chi connectivity index (χ2n) is 2.43. The van der Waals surface area contributed by atoms with Gasteiger partial charge in [-0.2, -0.15) is 0 Å². The lowest BCUT2D eigenvalue weighted by Crippen LogP contribution is -2.41. The van der Waals surface area contributed by atoms with Crippen LogP contribution in [0.4, 0.5) is 0 Å². The van der Waals surface area contributed by atoms with Crippen LogP contribution in [-0.2, 0) is 8.85 Å². The highest BCUT2D eigenvalue weighted by atomic mass is 35.5. The van der Waals surface area contributed by atoms with Crippen molar-refractivity contribution < 1.29 is 8.85 Å². The van der Waals surface area contributed by atoms with E-state index in [1.165, 1.54) is 0 Å². The molecule has 0 aromatic rings. The second kappa shape index (κ2) is 4.33. The normalized spacial score (nSPS) is 17.4. The first-order valence-corrected chi connectivity index (χ1v) is 5.22. The molecule has 0 N–H and O–H groups in total. The minimum atomic E-state index is -1.64. The molecule has 0 bridgehead atoms. The summed E-state index contributed by atoms with van der Waals surface area (Å²) in [5, 5.41) is 0. The summed E-state index contributed by atoms with van der Waals surface area (Å²) in [6.45, 7) is 3.99. The van der Waals surface area contributed by atoms with Crippen molar-refractivity contribution in [1.29, 1.82) is 0 Å². The maximum absolute atomic E-state index is 6.10. The fourth-order valence-electron chi connectivity index (χ4n) is 0.754. The highest BCUT2D eigenvalue weighted by Gasteiger charge is 2.33. The minimum Gasteiger partial charge on any atom is -0.399 e. The van der Waals surface area contributed by atoms with E-state index < -0.39 is 9.28 Å². The number of hydrogen-bond donors (Lipinski definition) is 0. The van der Waals surface area contributed by atoms with Crippen molar-refractivity contribution in [1.82, 2.24) is 0 Å². The Kier molecular flexibility index (Phi) is 4.52. The molecule has 0 radical (unpaired) electrons. The summed E-state index contributed by atoms with van der Waals surface area (Å²) < 4.78 is 10.0. The van der Waals surface area contributed by atoms with E-state index in [1.54, 1.807) is 14.2 Å². The van der Waals surface area contributed by atoms with Gasteiger partial charge in [0.15, 0.2) is 0 Å². The van der Waals surface area contributed by atoms with Crippen LogP contribution >= 0.6 is 11.6 Å². The second-order valence-corrected chi connectivity index (χ2v) is 6.55. The van der Waals surface area contributed by atoms with Crippen LogP contribution in [0.2, 0.25) is 0 Å². The number of alkyl halides is 1. The Hall–Kier alpha value is 0.427. The van der Waals surface area contributed by atoms with Gasteiger partial charge in [-0.15, -0.1) is 11.6 Å². The van der Waals surface area contributed by atoms with Gasteiger partial charge in [-0.25, -0.2) is 0 Å². The molecule has 0 fully saturated rings. The van der Waals surface area contributed by atoms with E-state index in [4.69, 9.17) is 20.5 Å². The van der Waals surface area contributed by atoms with Crippen molar-refractivity contribution in [2.75, 3.05) is 14.2 Å². The Bertz CT molecular complexity index is 93.7. The molecule has 0 saturated heterocycles. The van der Waals surface area contributed by atoms with E-state index in [2.05, 4.69) is 0 Å². The molecule has 0 aromatic carbocycles. The van der Waals surface area contributed by atoms with E-state index in [1.807, 2.05) is 13.8 Å². The molecule has 0 amide bonds. The van der Waals surface area contributed by atoms with E-state index >= 15 is 0 Å². The van der Waals surface area contributed by atoms with Crippen molar-refractivity contribution in [2.24, 2.45) is 0 Å². The van der Waals surface area contributed by atoms with Crippen LogP contribution in [0.5, 0.6) is 0 Å². The van der Waals surface area contributed by atoms with Crippen LogP contribution in [0, 0.1) is 0 Å². The molecule has 0 rings (SSSR count). The smallest absolute Gasteiger partial charge is 0.342 e. The number of halogens is 1. The van der Waals surface area contributed by atoms with Crippen LogP contribution in [-0.4, -0.2) is 28.0 Å². The zero-order valence-corrected chi connectivity index (χ0v) is 8.89. The van der Waals surface area contributed by atoms with Gasteiger partial charge in [-0.1, -0.05) is 6.92 Å². The van der Waals surface area contributed by atoms with Gasteiger partial charge in [-0.3, -0.25) is 0 Å². The van der Waals surface area contributed by atoms with Gasteiger partial charge in [-0.05, 0) is 13.3 Å². The summed E-state index contributed by atoms with van der Waals surface area (Å²) >= 11 is 6.10. The van der Waals surface area contributed by atoms with E-state index in [0.29, 0.717) is 0 Å².